The minimum atomic E-state index is 0.167. The summed E-state index contributed by atoms with van der Waals surface area (Å²) >= 11 is 1.66. The van der Waals surface area contributed by atoms with Crippen LogP contribution in [0.1, 0.15) is 30.2 Å². The first-order valence-corrected chi connectivity index (χ1v) is 7.70. The Bertz CT molecular complexity index is 614. The fourth-order valence-corrected chi connectivity index (χ4v) is 2.84. The molecule has 0 fully saturated rings. The van der Waals surface area contributed by atoms with Crippen LogP contribution in [0.15, 0.2) is 30.8 Å². The Morgan fingerprint density at radius 3 is 2.55 bits per heavy atom. The van der Waals surface area contributed by atoms with Crippen molar-refractivity contribution in [3.8, 4) is 11.6 Å². The molecule has 1 aromatic carbocycles. The molecule has 0 aliphatic carbocycles. The van der Waals surface area contributed by atoms with Crippen molar-refractivity contribution in [3.63, 3.8) is 0 Å². The Labute approximate surface area is 124 Å². The lowest BCUT2D eigenvalue weighted by molar-refractivity contribution is 0.432. The fourth-order valence-electron chi connectivity index (χ4n) is 2.00. The van der Waals surface area contributed by atoms with Crippen LogP contribution >= 0.6 is 11.8 Å². The van der Waals surface area contributed by atoms with Crippen molar-refractivity contribution in [1.82, 2.24) is 9.78 Å². The van der Waals surface area contributed by atoms with Gasteiger partial charge in [0.05, 0.1) is 16.9 Å². The summed E-state index contributed by atoms with van der Waals surface area (Å²) in [7, 11) is 0. The van der Waals surface area contributed by atoms with Crippen LogP contribution in [0.2, 0.25) is 0 Å². The van der Waals surface area contributed by atoms with Crippen molar-refractivity contribution in [1.29, 1.82) is 0 Å². The lowest BCUT2D eigenvalue weighted by atomic mass is 10.2. The predicted octanol–water partition coefficient (Wildman–Crippen LogP) is 4.31. The van der Waals surface area contributed by atoms with Gasteiger partial charge in [-0.2, -0.15) is 5.10 Å². The number of rotatable bonds is 5. The predicted molar refractivity (Wildman–Crippen MR) is 86.5 cm³/mol. The Hall–Kier alpha value is -1.68. The van der Waals surface area contributed by atoms with Gasteiger partial charge in [0.25, 0.3) is 0 Å². The summed E-state index contributed by atoms with van der Waals surface area (Å²) in [6, 6.07) is 7.92. The summed E-state index contributed by atoms with van der Waals surface area (Å²) in [5.74, 6) is 1.16. The van der Waals surface area contributed by atoms with E-state index in [1.165, 1.54) is 5.56 Å². The minimum absolute atomic E-state index is 0.167. The van der Waals surface area contributed by atoms with E-state index >= 15 is 0 Å². The first-order valence-electron chi connectivity index (χ1n) is 6.72. The first kappa shape index (κ1) is 14.7. The van der Waals surface area contributed by atoms with Crippen LogP contribution in [-0.2, 0) is 0 Å². The molecule has 0 amide bonds. The Balaban J connectivity index is 2.38. The van der Waals surface area contributed by atoms with E-state index < -0.39 is 0 Å². The number of aryl methyl sites for hydroxylation is 2. The molecule has 0 bridgehead atoms. The van der Waals surface area contributed by atoms with Gasteiger partial charge in [0.2, 0.25) is 5.88 Å². The van der Waals surface area contributed by atoms with Crippen molar-refractivity contribution >= 4 is 16.7 Å². The highest BCUT2D eigenvalue weighted by atomic mass is 32.2. The molecular weight excluding hydrogens is 268 g/mol. The number of hydrogen-bond acceptors (Lipinski definition) is 3. The monoisotopic (exact) mass is 288 g/mol. The summed E-state index contributed by atoms with van der Waals surface area (Å²) in [5.41, 5.74) is 3.59. The zero-order chi connectivity index (χ0) is 14.7. The zero-order valence-corrected chi connectivity index (χ0v) is 13.0. The smallest absolute Gasteiger partial charge is 0.223 e. The van der Waals surface area contributed by atoms with Crippen molar-refractivity contribution in [2.24, 2.45) is 0 Å². The van der Waals surface area contributed by atoms with E-state index in [9.17, 15) is 5.11 Å². The topological polar surface area (TPSA) is 38.0 Å². The molecule has 1 heterocycles. The van der Waals surface area contributed by atoms with Crippen LogP contribution in [0.25, 0.3) is 10.6 Å². The SMILES string of the molecule is C=C(SCCC)c1c(C)nn(-c2ccc(C)cc2)c1O. The average Bonchev–Trinajstić information content (AvgIpc) is 2.72. The molecule has 1 N–H and O–H groups in total. The quantitative estimate of drug-likeness (QED) is 0.891. The highest BCUT2D eigenvalue weighted by Crippen LogP contribution is 2.36. The van der Waals surface area contributed by atoms with Gasteiger partial charge in [-0.1, -0.05) is 31.2 Å². The van der Waals surface area contributed by atoms with Crippen molar-refractivity contribution in [2.45, 2.75) is 27.2 Å². The van der Waals surface area contributed by atoms with Gasteiger partial charge in [-0.15, -0.1) is 11.8 Å². The van der Waals surface area contributed by atoms with Gasteiger partial charge < -0.3 is 5.11 Å². The highest BCUT2D eigenvalue weighted by Gasteiger charge is 2.18. The molecular formula is C16H20N2OS. The van der Waals surface area contributed by atoms with Gasteiger partial charge in [-0.05, 0) is 38.2 Å². The van der Waals surface area contributed by atoms with Crippen LogP contribution < -0.4 is 0 Å². The lowest BCUT2D eigenvalue weighted by Gasteiger charge is -2.06. The summed E-state index contributed by atoms with van der Waals surface area (Å²) < 4.78 is 1.57. The molecule has 1 aromatic heterocycles. The van der Waals surface area contributed by atoms with Crippen LogP contribution in [0, 0.1) is 13.8 Å². The van der Waals surface area contributed by atoms with E-state index in [2.05, 4.69) is 18.6 Å². The Kier molecular flexibility index (Phi) is 4.55. The van der Waals surface area contributed by atoms with E-state index in [1.54, 1.807) is 16.4 Å². The maximum atomic E-state index is 10.4. The number of nitrogens with zero attached hydrogens (tertiary/aromatic N) is 2. The second kappa shape index (κ2) is 6.18. The molecule has 0 saturated carbocycles. The average molecular weight is 288 g/mol. The third-order valence-corrected chi connectivity index (χ3v) is 4.24. The van der Waals surface area contributed by atoms with E-state index in [0.29, 0.717) is 0 Å². The van der Waals surface area contributed by atoms with E-state index in [4.69, 9.17) is 0 Å². The molecule has 0 atom stereocenters. The maximum Gasteiger partial charge on any atom is 0.223 e. The largest absolute Gasteiger partial charge is 0.493 e. The number of aromatic nitrogens is 2. The maximum absolute atomic E-state index is 10.4. The number of thioether (sulfide) groups is 1. The molecule has 2 aromatic rings. The fraction of sp³-hybridized carbons (Fsp3) is 0.312. The van der Waals surface area contributed by atoms with Crippen molar-refractivity contribution < 1.29 is 5.11 Å². The van der Waals surface area contributed by atoms with Crippen LogP contribution in [0.5, 0.6) is 5.88 Å². The minimum Gasteiger partial charge on any atom is -0.493 e. The highest BCUT2D eigenvalue weighted by molar-refractivity contribution is 8.08. The first-order chi connectivity index (χ1) is 9.54. The summed E-state index contributed by atoms with van der Waals surface area (Å²) in [6.45, 7) is 10.1. The Morgan fingerprint density at radius 1 is 1.30 bits per heavy atom. The molecule has 2 rings (SSSR count). The second-order valence-electron chi connectivity index (χ2n) is 4.80. The molecule has 20 heavy (non-hydrogen) atoms. The van der Waals surface area contributed by atoms with Gasteiger partial charge in [0.15, 0.2) is 0 Å². The third-order valence-electron chi connectivity index (χ3n) is 3.07. The normalized spacial score (nSPS) is 10.8. The van der Waals surface area contributed by atoms with E-state index in [0.717, 1.165) is 34.0 Å². The molecule has 0 unspecified atom stereocenters. The molecule has 4 heteroatoms. The number of benzene rings is 1. The summed E-state index contributed by atoms with van der Waals surface area (Å²) in [5, 5.41) is 14.9. The molecule has 0 aliphatic heterocycles. The Morgan fingerprint density at radius 2 is 1.95 bits per heavy atom. The molecule has 0 aliphatic rings. The molecule has 106 valence electrons. The van der Waals surface area contributed by atoms with E-state index in [-0.39, 0.29) is 5.88 Å². The number of hydrogen-bond donors (Lipinski definition) is 1. The summed E-state index contributed by atoms with van der Waals surface area (Å²) in [4.78, 5) is 0.875. The molecule has 0 saturated heterocycles. The van der Waals surface area contributed by atoms with Crippen molar-refractivity contribution in [2.75, 3.05) is 5.75 Å². The molecule has 3 nitrogen and oxygen atoms in total. The van der Waals surface area contributed by atoms with Gasteiger partial charge in [0.1, 0.15) is 0 Å². The van der Waals surface area contributed by atoms with E-state index in [1.807, 2.05) is 38.1 Å². The van der Waals surface area contributed by atoms with Gasteiger partial charge >= 0.3 is 0 Å². The lowest BCUT2D eigenvalue weighted by Crippen LogP contribution is -1.95. The van der Waals surface area contributed by atoms with Crippen LogP contribution in [-0.4, -0.2) is 20.6 Å². The molecule has 0 spiro atoms. The standard InChI is InChI=1S/C16H20N2OS/c1-5-10-20-13(4)15-12(3)17-18(16(15)19)14-8-6-11(2)7-9-14/h6-9,19H,4-5,10H2,1-3H3. The van der Waals surface area contributed by atoms with Gasteiger partial charge in [-0.3, -0.25) is 0 Å². The zero-order valence-electron chi connectivity index (χ0n) is 12.2. The second-order valence-corrected chi connectivity index (χ2v) is 5.99. The van der Waals surface area contributed by atoms with Crippen molar-refractivity contribution in [3.05, 3.63) is 47.7 Å². The third kappa shape index (κ3) is 2.90. The van der Waals surface area contributed by atoms with Crippen LogP contribution in [0.4, 0.5) is 0 Å². The van der Waals surface area contributed by atoms with Gasteiger partial charge in [-0.25, -0.2) is 4.68 Å². The molecule has 0 radical (unpaired) electrons. The summed E-state index contributed by atoms with van der Waals surface area (Å²) in [6.07, 6.45) is 1.08. The number of aromatic hydroxyl groups is 1. The van der Waals surface area contributed by atoms with Gasteiger partial charge in [0, 0.05) is 4.91 Å². The van der Waals surface area contributed by atoms with Crippen LogP contribution in [0.3, 0.4) is 0 Å².